The molecule has 6 aromatic rings. The fourth-order valence-electron chi connectivity index (χ4n) is 5.45. The Balaban J connectivity index is 1.20. The molecular weight excluding hydrogens is 730 g/mol. The molecule has 0 unspecified atom stereocenters. The number of ether oxygens (including phenoxy) is 5. The molecule has 0 saturated carbocycles. The molecule has 0 N–H and O–H groups in total. The molecule has 0 spiro atoms. The summed E-state index contributed by atoms with van der Waals surface area (Å²) in [6.07, 6.45) is 0.524. The molecule has 0 amide bonds. The van der Waals surface area contributed by atoms with Gasteiger partial charge in [0.2, 0.25) is 0 Å². The topological polar surface area (TPSA) is 102 Å². The normalized spacial score (nSPS) is 11.4. The van der Waals surface area contributed by atoms with Gasteiger partial charge in [-0.25, -0.2) is 0 Å². The lowest BCUT2D eigenvalue weighted by Gasteiger charge is -2.26. The molecule has 0 saturated heterocycles. The summed E-state index contributed by atoms with van der Waals surface area (Å²) in [5.74, 6) is 5.53. The van der Waals surface area contributed by atoms with Crippen molar-refractivity contribution in [1.82, 2.24) is 0 Å². The Labute approximate surface area is 315 Å². The summed E-state index contributed by atoms with van der Waals surface area (Å²) in [7, 11) is 2.00. The predicted molar refractivity (Wildman–Crippen MR) is 205 cm³/mol. The molecule has 0 radical (unpaired) electrons. The standard InChI is InChI=1S/C41H36O11P2/c1-42-30-17-5-9-21-34(30)47-53(48-35-22-10-6-18-31(35)43-2)51-38-25-13-15-28-27-29-16-14-26-39(41(29)46-40(28)38)52-54(49-36-23-11-7-19-32(36)44-3)50-37-24-12-8-20-33(37)45-4/h5-26H,27H2,1-4H3. The number of hydrogen-bond donors (Lipinski definition) is 0. The minimum Gasteiger partial charge on any atom is -0.493 e. The van der Waals surface area contributed by atoms with Crippen LogP contribution in [0.3, 0.4) is 0 Å². The second-order valence-corrected chi connectivity index (χ2v) is 13.4. The van der Waals surface area contributed by atoms with E-state index in [-0.39, 0.29) is 0 Å². The average Bonchev–Trinajstić information content (AvgIpc) is 3.21. The molecule has 0 aromatic heterocycles. The summed E-state index contributed by atoms with van der Waals surface area (Å²) in [5, 5.41) is 0. The van der Waals surface area contributed by atoms with Crippen molar-refractivity contribution in [3.8, 4) is 69.0 Å². The van der Waals surface area contributed by atoms with Gasteiger partial charge in [-0.15, -0.1) is 0 Å². The van der Waals surface area contributed by atoms with E-state index in [1.807, 2.05) is 72.8 Å². The first-order valence-electron chi connectivity index (χ1n) is 16.7. The van der Waals surface area contributed by atoms with E-state index in [0.717, 1.165) is 11.1 Å². The summed E-state index contributed by atoms with van der Waals surface area (Å²) in [5.41, 5.74) is 1.78. The molecule has 1 aliphatic heterocycles. The molecule has 11 nitrogen and oxygen atoms in total. The van der Waals surface area contributed by atoms with Crippen molar-refractivity contribution >= 4 is 17.2 Å². The maximum Gasteiger partial charge on any atom is 0.530 e. The van der Waals surface area contributed by atoms with E-state index >= 15 is 0 Å². The van der Waals surface area contributed by atoms with Crippen LogP contribution in [0.5, 0.6) is 69.0 Å². The second-order valence-electron chi connectivity index (χ2n) is 11.4. The van der Waals surface area contributed by atoms with Gasteiger partial charge in [0, 0.05) is 17.5 Å². The average molecular weight is 767 g/mol. The summed E-state index contributed by atoms with van der Waals surface area (Å²) in [6, 6.07) is 40.4. The van der Waals surface area contributed by atoms with Gasteiger partial charge in [0.05, 0.1) is 28.4 Å². The van der Waals surface area contributed by atoms with E-state index < -0.39 is 17.2 Å². The largest absolute Gasteiger partial charge is 0.530 e. The zero-order chi connectivity index (χ0) is 37.3. The van der Waals surface area contributed by atoms with E-state index in [2.05, 4.69) is 0 Å². The first-order valence-corrected chi connectivity index (χ1v) is 18.9. The SMILES string of the molecule is COc1ccccc1OP(Oc1ccccc1OC)Oc1cccc2c1Oc1c(cccc1OP(Oc1ccccc1OC)Oc1ccccc1OC)C2. The number of hydrogen-bond acceptors (Lipinski definition) is 11. The third kappa shape index (κ3) is 8.28. The first kappa shape index (κ1) is 36.3. The summed E-state index contributed by atoms with van der Waals surface area (Å²) < 4.78 is 67.3. The van der Waals surface area contributed by atoms with Crippen molar-refractivity contribution in [3.05, 3.63) is 145 Å². The third-order valence-electron chi connectivity index (χ3n) is 8.02. The molecule has 54 heavy (non-hydrogen) atoms. The van der Waals surface area contributed by atoms with Crippen LogP contribution >= 0.6 is 17.2 Å². The highest BCUT2D eigenvalue weighted by Gasteiger charge is 2.31. The van der Waals surface area contributed by atoms with Crippen molar-refractivity contribution in [3.63, 3.8) is 0 Å². The van der Waals surface area contributed by atoms with Gasteiger partial charge in [-0.05, 0) is 60.7 Å². The number of rotatable bonds is 16. The molecule has 276 valence electrons. The van der Waals surface area contributed by atoms with Crippen LogP contribution in [0.25, 0.3) is 0 Å². The van der Waals surface area contributed by atoms with Crippen LogP contribution in [0.4, 0.5) is 0 Å². The molecular formula is C41H36O11P2. The first-order chi connectivity index (χ1) is 26.6. The lowest BCUT2D eigenvalue weighted by atomic mass is 10.00. The van der Waals surface area contributed by atoms with Gasteiger partial charge in [-0.3, -0.25) is 0 Å². The van der Waals surface area contributed by atoms with Gasteiger partial charge in [-0.1, -0.05) is 72.8 Å². The Hall–Kier alpha value is -6.02. The summed E-state index contributed by atoms with van der Waals surface area (Å²) in [6.45, 7) is 0. The Kier molecular flexibility index (Phi) is 11.6. The zero-order valence-electron chi connectivity index (χ0n) is 29.8. The predicted octanol–water partition coefficient (Wildman–Crippen LogP) is 10.9. The van der Waals surface area contributed by atoms with Gasteiger partial charge in [0.1, 0.15) is 0 Å². The molecule has 0 atom stereocenters. The molecule has 0 fully saturated rings. The van der Waals surface area contributed by atoms with E-state index in [1.165, 1.54) is 0 Å². The minimum atomic E-state index is -2.14. The fraction of sp³-hybridized carbons (Fsp3) is 0.122. The number of para-hydroxylation sites is 10. The lowest BCUT2D eigenvalue weighted by molar-refractivity contribution is 0.335. The maximum atomic E-state index is 6.67. The smallest absolute Gasteiger partial charge is 0.493 e. The van der Waals surface area contributed by atoms with Crippen LogP contribution in [0.15, 0.2) is 133 Å². The van der Waals surface area contributed by atoms with Crippen LogP contribution < -0.4 is 50.8 Å². The van der Waals surface area contributed by atoms with Gasteiger partial charge < -0.3 is 50.8 Å². The Morgan fingerprint density at radius 1 is 0.333 bits per heavy atom. The highest BCUT2D eigenvalue weighted by Crippen LogP contribution is 2.54. The van der Waals surface area contributed by atoms with Crippen molar-refractivity contribution in [2.24, 2.45) is 0 Å². The Morgan fingerprint density at radius 3 is 0.889 bits per heavy atom. The molecule has 1 heterocycles. The van der Waals surface area contributed by atoms with E-state index in [4.69, 9.17) is 50.8 Å². The van der Waals surface area contributed by atoms with Crippen molar-refractivity contribution < 1.29 is 50.8 Å². The van der Waals surface area contributed by atoms with Gasteiger partial charge in [0.25, 0.3) is 0 Å². The number of fused-ring (bicyclic) bond motifs is 2. The number of methoxy groups -OCH3 is 4. The fourth-order valence-corrected chi connectivity index (χ4v) is 7.53. The van der Waals surface area contributed by atoms with E-state index in [0.29, 0.717) is 75.4 Å². The van der Waals surface area contributed by atoms with Crippen molar-refractivity contribution in [2.75, 3.05) is 28.4 Å². The van der Waals surface area contributed by atoms with Gasteiger partial charge in [-0.2, -0.15) is 0 Å². The molecule has 6 aromatic carbocycles. The zero-order valence-corrected chi connectivity index (χ0v) is 31.6. The van der Waals surface area contributed by atoms with Crippen molar-refractivity contribution in [1.29, 1.82) is 0 Å². The number of benzene rings is 6. The minimum absolute atomic E-state index is 0.390. The lowest BCUT2D eigenvalue weighted by Crippen LogP contribution is -2.09. The highest BCUT2D eigenvalue weighted by atomic mass is 31.2. The maximum absolute atomic E-state index is 6.67. The molecule has 7 rings (SSSR count). The summed E-state index contributed by atoms with van der Waals surface area (Å²) in [4.78, 5) is 0. The Bertz CT molecular complexity index is 1950. The van der Waals surface area contributed by atoms with Crippen molar-refractivity contribution in [2.45, 2.75) is 6.42 Å². The third-order valence-corrected chi connectivity index (χ3v) is 10.1. The molecule has 0 aliphatic carbocycles. The van der Waals surface area contributed by atoms with E-state index in [1.54, 1.807) is 89.1 Å². The molecule has 13 heteroatoms. The van der Waals surface area contributed by atoms with Gasteiger partial charge in [0.15, 0.2) is 69.0 Å². The monoisotopic (exact) mass is 766 g/mol. The van der Waals surface area contributed by atoms with Crippen LogP contribution in [0.1, 0.15) is 11.1 Å². The molecule has 1 aliphatic rings. The van der Waals surface area contributed by atoms with Crippen LogP contribution in [-0.2, 0) is 6.42 Å². The quantitative estimate of drug-likeness (QED) is 0.0878. The molecule has 0 bridgehead atoms. The highest BCUT2D eigenvalue weighted by molar-refractivity contribution is 7.43. The van der Waals surface area contributed by atoms with Crippen LogP contribution in [-0.4, -0.2) is 28.4 Å². The van der Waals surface area contributed by atoms with Crippen LogP contribution in [0, 0.1) is 0 Å². The van der Waals surface area contributed by atoms with E-state index in [9.17, 15) is 0 Å². The van der Waals surface area contributed by atoms with Crippen LogP contribution in [0.2, 0.25) is 0 Å². The summed E-state index contributed by atoms with van der Waals surface area (Å²) >= 11 is 0. The second kappa shape index (κ2) is 17.2. The Morgan fingerprint density at radius 2 is 0.593 bits per heavy atom. The van der Waals surface area contributed by atoms with Gasteiger partial charge >= 0.3 is 17.2 Å².